The van der Waals surface area contributed by atoms with Gasteiger partial charge in [0.2, 0.25) is 0 Å². The third-order valence-electron chi connectivity index (χ3n) is 15.4. The zero-order valence-electron chi connectivity index (χ0n) is 37.5. The molecule has 0 fully saturated rings. The van der Waals surface area contributed by atoms with Crippen molar-refractivity contribution in [2.45, 2.75) is 0 Å². The number of hydrogen-bond donors (Lipinski definition) is 0. The third kappa shape index (κ3) is 4.62. The molecule has 0 saturated heterocycles. The first kappa shape index (κ1) is 36.6. The van der Waals surface area contributed by atoms with Crippen LogP contribution in [0.25, 0.3) is 153 Å². The predicted octanol–water partition coefficient (Wildman–Crippen LogP) is 16.4. The molecule has 0 atom stereocenters. The Labute approximate surface area is 397 Å². The van der Waals surface area contributed by atoms with E-state index in [1.54, 1.807) is 0 Å². The molecule has 0 aliphatic carbocycles. The molecular weight excluding hydrogens is 853 g/mol. The molecule has 17 rings (SSSR count). The molecule has 11 aromatic carbocycles. The fourth-order valence-corrected chi connectivity index (χ4v) is 12.4. The Hall–Kier alpha value is -9.52. The lowest BCUT2D eigenvalue weighted by molar-refractivity contribution is 1.15. The average molecular weight is 889 g/mol. The maximum absolute atomic E-state index is 5.33. The second-order valence-electron chi connectivity index (χ2n) is 18.9. The number of imidazole rings is 2. The molecule has 6 heteroatoms. The summed E-state index contributed by atoms with van der Waals surface area (Å²) in [6, 6.07) is 80.2. The molecule has 0 amide bonds. The number of hydrogen-bond acceptors (Lipinski definition) is 2. The Bertz CT molecular complexity index is 4850. The summed E-state index contributed by atoms with van der Waals surface area (Å²) in [6.07, 6.45) is 0. The van der Waals surface area contributed by atoms with Gasteiger partial charge in [-0.3, -0.25) is 8.80 Å². The lowest BCUT2D eigenvalue weighted by Crippen LogP contribution is -1.98. The van der Waals surface area contributed by atoms with Crippen LogP contribution in [0.15, 0.2) is 218 Å². The van der Waals surface area contributed by atoms with Crippen molar-refractivity contribution >= 4 is 142 Å². The van der Waals surface area contributed by atoms with Gasteiger partial charge in [-0.25, -0.2) is 9.97 Å². The van der Waals surface area contributed by atoms with E-state index in [9.17, 15) is 0 Å². The summed E-state index contributed by atoms with van der Waals surface area (Å²) in [7, 11) is 0. The van der Waals surface area contributed by atoms with Gasteiger partial charge in [0.25, 0.3) is 0 Å². The zero-order chi connectivity index (χ0) is 45.3. The Morgan fingerprint density at radius 2 is 0.629 bits per heavy atom. The molecule has 0 aliphatic rings. The van der Waals surface area contributed by atoms with Gasteiger partial charge in [0.05, 0.1) is 55.2 Å². The number of rotatable bonds is 2. The summed E-state index contributed by atoms with van der Waals surface area (Å²) in [4.78, 5) is 10.7. The van der Waals surface area contributed by atoms with Gasteiger partial charge in [-0.2, -0.15) is 0 Å². The van der Waals surface area contributed by atoms with Crippen LogP contribution in [0.5, 0.6) is 0 Å². The van der Waals surface area contributed by atoms with E-state index in [0.29, 0.717) is 0 Å². The molecule has 322 valence electrons. The second-order valence-corrected chi connectivity index (χ2v) is 18.9. The van der Waals surface area contributed by atoms with Crippen LogP contribution in [0, 0.1) is 0 Å². The average Bonchev–Trinajstić information content (AvgIpc) is 4.18. The summed E-state index contributed by atoms with van der Waals surface area (Å²) < 4.78 is 9.67. The van der Waals surface area contributed by atoms with Crippen molar-refractivity contribution in [1.29, 1.82) is 0 Å². The van der Waals surface area contributed by atoms with Gasteiger partial charge < -0.3 is 9.13 Å². The van der Waals surface area contributed by atoms with Crippen LogP contribution in [0.1, 0.15) is 0 Å². The van der Waals surface area contributed by atoms with Crippen LogP contribution in [0.4, 0.5) is 0 Å². The molecule has 0 unspecified atom stereocenters. The maximum Gasteiger partial charge on any atom is 0.146 e. The Morgan fingerprint density at radius 3 is 1.09 bits per heavy atom. The minimum atomic E-state index is 0.966. The van der Waals surface area contributed by atoms with Gasteiger partial charge in [-0.15, -0.1) is 0 Å². The fraction of sp³-hybridized carbons (Fsp3) is 0. The zero-order valence-corrected chi connectivity index (χ0v) is 37.5. The quantitative estimate of drug-likeness (QED) is 0.162. The van der Waals surface area contributed by atoms with Gasteiger partial charge in [0.1, 0.15) is 11.3 Å². The molecule has 0 bridgehead atoms. The van der Waals surface area contributed by atoms with E-state index in [1.807, 2.05) is 0 Å². The Morgan fingerprint density at radius 1 is 0.243 bits per heavy atom. The van der Waals surface area contributed by atoms with Gasteiger partial charge >= 0.3 is 0 Å². The monoisotopic (exact) mass is 888 g/mol. The lowest BCUT2D eigenvalue weighted by atomic mass is 10.0. The summed E-state index contributed by atoms with van der Waals surface area (Å²) in [5.74, 6) is 0. The number of pyridine rings is 2. The molecule has 0 aliphatic heterocycles. The SMILES string of the molecule is c1ccc2c(c1)ccc1c3cc4c5ccccc5n5c6ccccc6nc5c4cc3n(-c3ccc(-n4c5cc6c(cc5c5ccc7ccccc7c54)c4ccccc4n4c5ccccc5nc64)cc3)c21. The van der Waals surface area contributed by atoms with Gasteiger partial charge in [-0.05, 0) is 106 Å². The van der Waals surface area contributed by atoms with Crippen molar-refractivity contribution in [3.63, 3.8) is 0 Å². The van der Waals surface area contributed by atoms with Crippen molar-refractivity contribution in [1.82, 2.24) is 27.9 Å². The normalized spacial score (nSPS) is 12.6. The molecule has 0 saturated carbocycles. The maximum atomic E-state index is 5.33. The van der Waals surface area contributed by atoms with E-state index in [1.165, 1.54) is 75.7 Å². The minimum absolute atomic E-state index is 0.966. The molecular formula is C64H36N6. The summed E-state index contributed by atoms with van der Waals surface area (Å²) in [5, 5.41) is 16.8. The highest BCUT2D eigenvalue weighted by molar-refractivity contribution is 6.26. The van der Waals surface area contributed by atoms with Gasteiger partial charge in [0.15, 0.2) is 0 Å². The minimum Gasteiger partial charge on any atom is -0.309 e. The summed E-state index contributed by atoms with van der Waals surface area (Å²) >= 11 is 0. The topological polar surface area (TPSA) is 44.5 Å². The molecule has 6 heterocycles. The molecule has 6 nitrogen and oxygen atoms in total. The summed E-state index contributed by atoms with van der Waals surface area (Å²) in [5.41, 5.74) is 15.3. The fourth-order valence-electron chi connectivity index (χ4n) is 12.4. The number of nitrogens with zero attached hydrogens (tertiary/aromatic N) is 6. The van der Waals surface area contributed by atoms with E-state index in [-0.39, 0.29) is 0 Å². The Kier molecular flexibility index (Phi) is 6.86. The number of para-hydroxylation sites is 6. The highest BCUT2D eigenvalue weighted by Crippen LogP contribution is 2.44. The smallest absolute Gasteiger partial charge is 0.146 e. The van der Waals surface area contributed by atoms with E-state index >= 15 is 0 Å². The second kappa shape index (κ2) is 13.1. The van der Waals surface area contributed by atoms with E-state index in [4.69, 9.17) is 9.97 Å². The number of aromatic nitrogens is 6. The first-order valence-corrected chi connectivity index (χ1v) is 24.0. The van der Waals surface area contributed by atoms with Crippen LogP contribution in [-0.2, 0) is 0 Å². The number of fused-ring (bicyclic) bond motifs is 26. The van der Waals surface area contributed by atoms with Gasteiger partial charge in [-0.1, -0.05) is 133 Å². The Balaban J connectivity index is 0.969. The van der Waals surface area contributed by atoms with Crippen molar-refractivity contribution in [2.24, 2.45) is 0 Å². The molecule has 6 aromatic heterocycles. The molecule has 0 N–H and O–H groups in total. The van der Waals surface area contributed by atoms with Crippen LogP contribution >= 0.6 is 0 Å². The molecule has 17 aromatic rings. The van der Waals surface area contributed by atoms with E-state index in [0.717, 1.165) is 77.6 Å². The van der Waals surface area contributed by atoms with Crippen LogP contribution < -0.4 is 0 Å². The molecule has 0 spiro atoms. The van der Waals surface area contributed by atoms with Crippen molar-refractivity contribution in [3.8, 4) is 11.4 Å². The standard InChI is InChI=1S/C64H36N6/c1-3-15-41-37(13-1)25-31-45-49-33-47-43-17-5-9-21-55(43)69-57-23-11-7-19-53(57)65-63(69)51(47)35-59(49)67(61(41)45)39-27-29-40(30-28-39)68-60-36-52-48(34-50(60)46-32-26-38-14-2-4-16-42(38)62(46)68)44-18-6-10-22-56(44)70-58-24-12-8-20-54(58)66-64(52)70/h1-36H. The number of benzene rings is 11. The van der Waals surface area contributed by atoms with Crippen molar-refractivity contribution < 1.29 is 0 Å². The predicted molar refractivity (Wildman–Crippen MR) is 293 cm³/mol. The first-order valence-electron chi connectivity index (χ1n) is 24.0. The highest BCUT2D eigenvalue weighted by Gasteiger charge is 2.23. The highest BCUT2D eigenvalue weighted by atomic mass is 15.0. The van der Waals surface area contributed by atoms with Crippen LogP contribution in [0.3, 0.4) is 0 Å². The van der Waals surface area contributed by atoms with Crippen molar-refractivity contribution in [2.75, 3.05) is 0 Å². The molecule has 0 radical (unpaired) electrons. The van der Waals surface area contributed by atoms with Crippen molar-refractivity contribution in [3.05, 3.63) is 218 Å². The van der Waals surface area contributed by atoms with E-state index in [2.05, 4.69) is 236 Å². The third-order valence-corrected chi connectivity index (χ3v) is 15.4. The van der Waals surface area contributed by atoms with Crippen LogP contribution in [-0.4, -0.2) is 27.9 Å². The van der Waals surface area contributed by atoms with Crippen LogP contribution in [0.2, 0.25) is 0 Å². The molecule has 70 heavy (non-hydrogen) atoms. The lowest BCUT2D eigenvalue weighted by Gasteiger charge is -2.14. The van der Waals surface area contributed by atoms with Gasteiger partial charge in [0, 0.05) is 65.2 Å². The first-order chi connectivity index (χ1) is 34.7. The van der Waals surface area contributed by atoms with E-state index < -0.39 is 0 Å². The summed E-state index contributed by atoms with van der Waals surface area (Å²) in [6.45, 7) is 0. The largest absolute Gasteiger partial charge is 0.309 e.